The van der Waals surface area contributed by atoms with Crippen molar-refractivity contribution in [2.24, 2.45) is 0 Å². The van der Waals surface area contributed by atoms with Crippen molar-refractivity contribution in [3.05, 3.63) is 23.7 Å². The molecule has 136 valence electrons. The Morgan fingerprint density at radius 3 is 2.76 bits per heavy atom. The Hall–Kier alpha value is -1.70. The predicted molar refractivity (Wildman–Crippen MR) is 102 cm³/mol. The van der Waals surface area contributed by atoms with Crippen molar-refractivity contribution >= 4 is 22.7 Å². The molecule has 3 rings (SSSR count). The Morgan fingerprint density at radius 1 is 1.24 bits per heavy atom. The second kappa shape index (κ2) is 9.12. The maximum absolute atomic E-state index is 6.11. The van der Waals surface area contributed by atoms with E-state index in [1.165, 1.54) is 17.0 Å². The molecule has 0 unspecified atom stereocenters. The first-order chi connectivity index (χ1) is 12.3. The summed E-state index contributed by atoms with van der Waals surface area (Å²) in [4.78, 5) is 2.40. The normalized spacial score (nSPS) is 15.6. The topological polar surface area (TPSA) is 73.5 Å². The highest BCUT2D eigenvalue weighted by Crippen LogP contribution is 2.32. The molecule has 1 aliphatic heterocycles. The fourth-order valence-corrected chi connectivity index (χ4v) is 3.69. The van der Waals surface area contributed by atoms with Crippen molar-refractivity contribution in [3.63, 3.8) is 0 Å². The average Bonchev–Trinajstić information content (AvgIpc) is 3.17. The largest absolute Gasteiger partial charge is 0.398 e. The highest BCUT2D eigenvalue weighted by molar-refractivity contribution is 7.12. The number of ether oxygens (including phenoxy) is 2. The van der Waals surface area contributed by atoms with E-state index in [4.69, 9.17) is 15.2 Å². The number of methoxy groups -OCH3 is 1. The summed E-state index contributed by atoms with van der Waals surface area (Å²) in [6.45, 7) is 3.65. The van der Waals surface area contributed by atoms with Crippen LogP contribution in [0.25, 0.3) is 10.6 Å². The molecule has 1 aromatic carbocycles. The molecule has 7 heteroatoms. The van der Waals surface area contributed by atoms with Crippen LogP contribution < -0.4 is 10.6 Å². The summed E-state index contributed by atoms with van der Waals surface area (Å²) in [5.74, 6) is 0. The van der Waals surface area contributed by atoms with Crippen LogP contribution in [-0.2, 0) is 9.47 Å². The van der Waals surface area contributed by atoms with Gasteiger partial charge < -0.3 is 20.1 Å². The van der Waals surface area contributed by atoms with Crippen LogP contribution in [0.5, 0.6) is 0 Å². The minimum Gasteiger partial charge on any atom is -0.398 e. The summed E-state index contributed by atoms with van der Waals surface area (Å²) in [6.07, 6.45) is 4.62. The Morgan fingerprint density at radius 2 is 2.04 bits per heavy atom. The van der Waals surface area contributed by atoms with Crippen LogP contribution in [0.1, 0.15) is 25.7 Å². The van der Waals surface area contributed by atoms with Gasteiger partial charge in [0.2, 0.25) is 0 Å². The van der Waals surface area contributed by atoms with Gasteiger partial charge in [-0.15, -0.1) is 10.2 Å². The van der Waals surface area contributed by atoms with E-state index in [2.05, 4.69) is 27.2 Å². The van der Waals surface area contributed by atoms with Crippen molar-refractivity contribution in [2.75, 3.05) is 44.0 Å². The maximum atomic E-state index is 6.11. The zero-order valence-electron chi connectivity index (χ0n) is 14.7. The highest BCUT2D eigenvalue weighted by atomic mass is 32.1. The van der Waals surface area contributed by atoms with Gasteiger partial charge in [0.25, 0.3) is 0 Å². The van der Waals surface area contributed by atoms with Gasteiger partial charge in [-0.05, 0) is 43.9 Å². The maximum Gasteiger partial charge on any atom is 0.149 e. The fraction of sp³-hybridized carbons (Fsp3) is 0.556. The molecule has 0 aliphatic carbocycles. The van der Waals surface area contributed by atoms with E-state index in [0.717, 1.165) is 68.2 Å². The van der Waals surface area contributed by atoms with Crippen LogP contribution in [0.2, 0.25) is 0 Å². The van der Waals surface area contributed by atoms with Crippen molar-refractivity contribution in [1.29, 1.82) is 0 Å². The van der Waals surface area contributed by atoms with Gasteiger partial charge in [0.05, 0.1) is 6.10 Å². The molecule has 25 heavy (non-hydrogen) atoms. The zero-order chi connectivity index (χ0) is 17.5. The van der Waals surface area contributed by atoms with Gasteiger partial charge >= 0.3 is 0 Å². The summed E-state index contributed by atoms with van der Waals surface area (Å²) in [7, 11) is 1.74. The summed E-state index contributed by atoms with van der Waals surface area (Å²) < 4.78 is 11.1. The Labute approximate surface area is 153 Å². The number of hydrogen-bond donors (Lipinski definition) is 1. The van der Waals surface area contributed by atoms with E-state index in [0.29, 0.717) is 6.10 Å². The lowest BCUT2D eigenvalue weighted by Gasteiger charge is -2.33. The number of piperidine rings is 1. The van der Waals surface area contributed by atoms with Crippen molar-refractivity contribution in [2.45, 2.75) is 31.8 Å². The van der Waals surface area contributed by atoms with Crippen LogP contribution >= 0.6 is 11.3 Å². The third-order valence-corrected chi connectivity index (χ3v) is 5.26. The number of nitrogen functional groups attached to an aromatic ring is 1. The number of anilines is 2. The molecule has 1 aliphatic rings. The lowest BCUT2D eigenvalue weighted by molar-refractivity contribution is 0.0322. The van der Waals surface area contributed by atoms with E-state index < -0.39 is 0 Å². The first-order valence-electron chi connectivity index (χ1n) is 8.79. The SMILES string of the molecule is COCCCCOC1CCN(c2ccc(N)c(-c3nncs3)c2)CC1. The smallest absolute Gasteiger partial charge is 0.149 e. The molecule has 0 bridgehead atoms. The van der Waals surface area contributed by atoms with Gasteiger partial charge in [0.15, 0.2) is 0 Å². The predicted octanol–water partition coefficient (Wildman–Crippen LogP) is 3.20. The van der Waals surface area contributed by atoms with Crippen molar-refractivity contribution in [1.82, 2.24) is 10.2 Å². The molecular formula is C18H26N4O2S. The lowest BCUT2D eigenvalue weighted by atomic mass is 10.1. The zero-order valence-corrected chi connectivity index (χ0v) is 15.5. The second-order valence-electron chi connectivity index (χ2n) is 6.27. The van der Waals surface area contributed by atoms with E-state index in [-0.39, 0.29) is 0 Å². The van der Waals surface area contributed by atoms with Gasteiger partial charge in [-0.25, -0.2) is 0 Å². The van der Waals surface area contributed by atoms with Gasteiger partial charge in [-0.3, -0.25) is 0 Å². The van der Waals surface area contributed by atoms with Gasteiger partial charge in [0.1, 0.15) is 10.5 Å². The Balaban J connectivity index is 1.52. The van der Waals surface area contributed by atoms with E-state index in [9.17, 15) is 0 Å². The summed E-state index contributed by atoms with van der Waals surface area (Å²) in [6, 6.07) is 6.18. The molecule has 1 saturated heterocycles. The number of nitrogens with zero attached hydrogens (tertiary/aromatic N) is 3. The van der Waals surface area contributed by atoms with Crippen LogP contribution in [0, 0.1) is 0 Å². The van der Waals surface area contributed by atoms with Gasteiger partial charge in [-0.1, -0.05) is 11.3 Å². The fourth-order valence-electron chi connectivity index (χ4n) is 3.10. The Bertz CT molecular complexity index is 643. The number of hydrogen-bond acceptors (Lipinski definition) is 7. The van der Waals surface area contributed by atoms with Crippen LogP contribution in [0.4, 0.5) is 11.4 Å². The number of rotatable bonds is 8. The standard InChI is InChI=1S/C18H26N4O2S/c1-23-10-2-3-11-24-15-6-8-22(9-7-15)14-4-5-17(19)16(12-14)18-21-20-13-25-18/h4-5,12-13,15H,2-3,6-11,19H2,1H3. The first-order valence-corrected chi connectivity index (χ1v) is 9.67. The molecule has 0 radical (unpaired) electrons. The molecule has 1 fully saturated rings. The molecule has 0 atom stereocenters. The lowest BCUT2D eigenvalue weighted by Crippen LogP contribution is -2.37. The monoisotopic (exact) mass is 362 g/mol. The van der Waals surface area contributed by atoms with E-state index in [1.807, 2.05) is 6.07 Å². The molecular weight excluding hydrogens is 336 g/mol. The van der Waals surface area contributed by atoms with Crippen LogP contribution in [0.3, 0.4) is 0 Å². The molecule has 2 aromatic rings. The minimum absolute atomic E-state index is 0.371. The number of nitrogens with two attached hydrogens (primary N) is 1. The van der Waals surface area contributed by atoms with E-state index >= 15 is 0 Å². The third kappa shape index (κ3) is 4.90. The number of unbranched alkanes of at least 4 members (excludes halogenated alkanes) is 1. The molecule has 1 aromatic heterocycles. The molecule has 0 saturated carbocycles. The summed E-state index contributed by atoms with van der Waals surface area (Å²) >= 11 is 1.51. The van der Waals surface area contributed by atoms with E-state index in [1.54, 1.807) is 12.6 Å². The van der Waals surface area contributed by atoms with Gasteiger partial charge in [0, 0.05) is 50.4 Å². The first kappa shape index (κ1) is 18.1. The minimum atomic E-state index is 0.371. The second-order valence-corrected chi connectivity index (χ2v) is 7.11. The summed E-state index contributed by atoms with van der Waals surface area (Å²) in [5, 5.41) is 8.92. The van der Waals surface area contributed by atoms with Crippen molar-refractivity contribution < 1.29 is 9.47 Å². The molecule has 2 heterocycles. The Kier molecular flexibility index (Phi) is 6.61. The third-order valence-electron chi connectivity index (χ3n) is 4.53. The number of benzene rings is 1. The molecule has 0 amide bonds. The summed E-state index contributed by atoms with van der Waals surface area (Å²) in [5.41, 5.74) is 10.8. The average molecular weight is 362 g/mol. The molecule has 0 spiro atoms. The van der Waals surface area contributed by atoms with Crippen molar-refractivity contribution in [3.8, 4) is 10.6 Å². The van der Waals surface area contributed by atoms with Crippen LogP contribution in [0.15, 0.2) is 23.7 Å². The quantitative estimate of drug-likeness (QED) is 0.574. The number of aromatic nitrogens is 2. The molecule has 2 N–H and O–H groups in total. The highest BCUT2D eigenvalue weighted by Gasteiger charge is 2.20. The molecule has 6 nitrogen and oxygen atoms in total. The van der Waals surface area contributed by atoms with Gasteiger partial charge in [-0.2, -0.15) is 0 Å². The van der Waals surface area contributed by atoms with Crippen LogP contribution in [-0.4, -0.2) is 49.7 Å².